The van der Waals surface area contributed by atoms with Crippen LogP contribution in [0, 0.1) is 0 Å². The van der Waals surface area contributed by atoms with Gasteiger partial charge < -0.3 is 4.74 Å². The highest BCUT2D eigenvalue weighted by Gasteiger charge is 2.50. The third kappa shape index (κ3) is 2.76. The van der Waals surface area contributed by atoms with Crippen molar-refractivity contribution in [3.05, 3.63) is 29.0 Å². The van der Waals surface area contributed by atoms with E-state index in [-0.39, 0.29) is 11.6 Å². The van der Waals surface area contributed by atoms with Gasteiger partial charge in [-0.1, -0.05) is 11.6 Å². The van der Waals surface area contributed by atoms with E-state index in [1.807, 2.05) is 0 Å². The molecule has 0 saturated carbocycles. The molecular formula is C10H8ClF2NO3. The predicted molar refractivity (Wildman–Crippen MR) is 55.2 cm³/mol. The standard InChI is InChI=1S/C10H8ClF2NO3/c1-2-17-9(16)10(12,13)8(15)7-6(11)4-3-5-14-7/h3-5H,2H2,1H3. The number of nitrogens with zero attached hydrogens (tertiary/aromatic N) is 1. The van der Waals surface area contributed by atoms with Crippen LogP contribution < -0.4 is 0 Å². The lowest BCUT2D eigenvalue weighted by molar-refractivity contribution is -0.164. The van der Waals surface area contributed by atoms with Crippen LogP contribution in [0.1, 0.15) is 17.4 Å². The average Bonchev–Trinajstić information content (AvgIpc) is 2.29. The molecule has 7 heteroatoms. The Labute approximate surface area is 101 Å². The van der Waals surface area contributed by atoms with E-state index in [9.17, 15) is 18.4 Å². The van der Waals surface area contributed by atoms with Crippen molar-refractivity contribution in [2.75, 3.05) is 6.61 Å². The van der Waals surface area contributed by atoms with Crippen LogP contribution in [0.3, 0.4) is 0 Å². The molecule has 4 nitrogen and oxygen atoms in total. The molecule has 0 radical (unpaired) electrons. The topological polar surface area (TPSA) is 56.3 Å². The van der Waals surface area contributed by atoms with Crippen molar-refractivity contribution in [1.29, 1.82) is 0 Å². The Hall–Kier alpha value is -1.56. The molecule has 1 aromatic rings. The number of carbonyl (C=O) groups excluding carboxylic acids is 2. The van der Waals surface area contributed by atoms with Crippen molar-refractivity contribution in [2.45, 2.75) is 12.8 Å². The fourth-order valence-electron chi connectivity index (χ4n) is 1.02. The molecule has 0 bridgehead atoms. The second-order valence-electron chi connectivity index (χ2n) is 2.96. The summed E-state index contributed by atoms with van der Waals surface area (Å²) in [7, 11) is 0. The molecule has 0 unspecified atom stereocenters. The first-order chi connectivity index (χ1) is 7.91. The van der Waals surface area contributed by atoms with Gasteiger partial charge in [-0.3, -0.25) is 9.78 Å². The Morgan fingerprint density at radius 3 is 2.71 bits per heavy atom. The second kappa shape index (κ2) is 5.18. The fraction of sp³-hybridized carbons (Fsp3) is 0.300. The van der Waals surface area contributed by atoms with Gasteiger partial charge >= 0.3 is 11.9 Å². The van der Waals surface area contributed by atoms with Crippen molar-refractivity contribution in [3.63, 3.8) is 0 Å². The Morgan fingerprint density at radius 1 is 1.53 bits per heavy atom. The minimum atomic E-state index is -4.28. The highest BCUT2D eigenvalue weighted by Crippen LogP contribution is 2.24. The monoisotopic (exact) mass is 263 g/mol. The van der Waals surface area contributed by atoms with Crippen LogP contribution in [0.4, 0.5) is 8.78 Å². The molecule has 1 heterocycles. The predicted octanol–water partition coefficient (Wildman–Crippen LogP) is 2.12. The molecule has 0 atom stereocenters. The normalized spacial score (nSPS) is 11.1. The zero-order chi connectivity index (χ0) is 13.1. The summed E-state index contributed by atoms with van der Waals surface area (Å²) in [4.78, 5) is 25.8. The average molecular weight is 264 g/mol. The van der Waals surface area contributed by atoms with Crippen molar-refractivity contribution in [2.24, 2.45) is 0 Å². The van der Waals surface area contributed by atoms with Gasteiger partial charge in [0.1, 0.15) is 5.69 Å². The van der Waals surface area contributed by atoms with E-state index >= 15 is 0 Å². The van der Waals surface area contributed by atoms with E-state index in [0.29, 0.717) is 0 Å². The molecule has 0 fully saturated rings. The smallest absolute Gasteiger partial charge is 0.405 e. The zero-order valence-corrected chi connectivity index (χ0v) is 9.50. The molecule has 1 aromatic heterocycles. The number of hydrogen-bond donors (Lipinski definition) is 0. The molecule has 0 spiro atoms. The van der Waals surface area contributed by atoms with Crippen molar-refractivity contribution >= 4 is 23.4 Å². The summed E-state index contributed by atoms with van der Waals surface area (Å²) in [5, 5.41) is -0.249. The van der Waals surface area contributed by atoms with E-state index in [2.05, 4.69) is 9.72 Å². The first-order valence-electron chi connectivity index (χ1n) is 4.61. The third-order valence-electron chi connectivity index (χ3n) is 1.79. The number of halogens is 3. The van der Waals surface area contributed by atoms with Gasteiger partial charge in [0.05, 0.1) is 11.6 Å². The number of ketones is 1. The van der Waals surface area contributed by atoms with E-state index in [4.69, 9.17) is 11.6 Å². The highest BCUT2D eigenvalue weighted by atomic mass is 35.5. The Balaban J connectivity index is 3.05. The second-order valence-corrected chi connectivity index (χ2v) is 3.37. The molecule has 0 aromatic carbocycles. The van der Waals surface area contributed by atoms with Gasteiger partial charge in [0.25, 0.3) is 5.78 Å². The molecular weight excluding hydrogens is 256 g/mol. The molecule has 17 heavy (non-hydrogen) atoms. The maximum absolute atomic E-state index is 13.3. The van der Waals surface area contributed by atoms with E-state index < -0.39 is 23.4 Å². The van der Waals surface area contributed by atoms with Gasteiger partial charge in [-0.2, -0.15) is 8.78 Å². The largest absolute Gasteiger partial charge is 0.461 e. The van der Waals surface area contributed by atoms with Gasteiger partial charge in [-0.05, 0) is 19.1 Å². The van der Waals surface area contributed by atoms with Gasteiger partial charge in [0, 0.05) is 6.20 Å². The Kier molecular flexibility index (Phi) is 4.11. The van der Waals surface area contributed by atoms with E-state index in [1.165, 1.54) is 19.1 Å². The Bertz CT molecular complexity index is 451. The number of alkyl halides is 2. The molecule has 92 valence electrons. The van der Waals surface area contributed by atoms with Gasteiger partial charge in [-0.15, -0.1) is 0 Å². The maximum Gasteiger partial charge on any atom is 0.405 e. The summed E-state index contributed by atoms with van der Waals surface area (Å²) in [6.07, 6.45) is 1.13. The van der Waals surface area contributed by atoms with Crippen LogP contribution in [-0.4, -0.2) is 29.3 Å². The summed E-state index contributed by atoms with van der Waals surface area (Å²) in [5.74, 6) is -7.97. The van der Waals surface area contributed by atoms with Crippen LogP contribution in [0.25, 0.3) is 0 Å². The minimum absolute atomic E-state index is 0.249. The van der Waals surface area contributed by atoms with Crippen LogP contribution in [0.2, 0.25) is 5.02 Å². The summed E-state index contributed by atoms with van der Waals surface area (Å²) < 4.78 is 30.8. The number of Topliss-reactive ketones (excluding diaryl/α,β-unsaturated/α-hetero) is 1. The van der Waals surface area contributed by atoms with E-state index in [1.54, 1.807) is 0 Å². The van der Waals surface area contributed by atoms with Crippen molar-refractivity contribution in [3.8, 4) is 0 Å². The molecule has 0 aliphatic carbocycles. The third-order valence-corrected chi connectivity index (χ3v) is 2.10. The lowest BCUT2D eigenvalue weighted by Gasteiger charge is -2.13. The van der Waals surface area contributed by atoms with Crippen molar-refractivity contribution in [1.82, 2.24) is 4.98 Å². The molecule has 1 rings (SSSR count). The van der Waals surface area contributed by atoms with Crippen LogP contribution in [0.15, 0.2) is 18.3 Å². The van der Waals surface area contributed by atoms with E-state index in [0.717, 1.165) is 6.20 Å². The van der Waals surface area contributed by atoms with Gasteiger partial charge in [0.15, 0.2) is 0 Å². The van der Waals surface area contributed by atoms with Crippen LogP contribution >= 0.6 is 11.6 Å². The zero-order valence-electron chi connectivity index (χ0n) is 8.75. The SMILES string of the molecule is CCOC(=O)C(F)(F)C(=O)c1ncccc1Cl. The van der Waals surface area contributed by atoms with Crippen molar-refractivity contribution < 1.29 is 23.1 Å². The summed E-state index contributed by atoms with van der Waals surface area (Å²) in [6, 6.07) is 2.60. The maximum atomic E-state index is 13.3. The van der Waals surface area contributed by atoms with Gasteiger partial charge in [-0.25, -0.2) is 4.79 Å². The lowest BCUT2D eigenvalue weighted by Crippen LogP contribution is -2.40. The minimum Gasteiger partial charge on any atom is -0.461 e. The summed E-state index contributed by atoms with van der Waals surface area (Å²) >= 11 is 5.54. The number of pyridine rings is 1. The quantitative estimate of drug-likeness (QED) is 0.474. The molecule has 0 saturated heterocycles. The highest BCUT2D eigenvalue weighted by molar-refractivity contribution is 6.34. The van der Waals surface area contributed by atoms with Gasteiger partial charge in [0.2, 0.25) is 0 Å². The lowest BCUT2D eigenvalue weighted by atomic mass is 10.1. The van der Waals surface area contributed by atoms with Crippen LogP contribution in [0.5, 0.6) is 0 Å². The summed E-state index contributed by atoms with van der Waals surface area (Å²) in [6.45, 7) is 1.10. The number of aromatic nitrogens is 1. The number of ether oxygens (including phenoxy) is 1. The molecule has 0 amide bonds. The Morgan fingerprint density at radius 2 is 2.18 bits per heavy atom. The number of carbonyl (C=O) groups is 2. The number of rotatable bonds is 4. The number of esters is 1. The molecule has 0 N–H and O–H groups in total. The molecule has 0 aliphatic heterocycles. The first kappa shape index (κ1) is 13.5. The summed E-state index contributed by atoms with van der Waals surface area (Å²) in [5.41, 5.74) is -0.660. The van der Waals surface area contributed by atoms with Crippen LogP contribution in [-0.2, 0) is 9.53 Å². The first-order valence-corrected chi connectivity index (χ1v) is 4.99. The fourth-order valence-corrected chi connectivity index (χ4v) is 1.22. The number of hydrogen-bond acceptors (Lipinski definition) is 4. The molecule has 0 aliphatic rings.